The van der Waals surface area contributed by atoms with Crippen LogP contribution < -0.4 is 10.2 Å². The van der Waals surface area contributed by atoms with Gasteiger partial charge in [0.1, 0.15) is 0 Å². The molecule has 7 heteroatoms. The van der Waals surface area contributed by atoms with Gasteiger partial charge in [0.15, 0.2) is 9.84 Å². The smallest absolute Gasteiger partial charge is 0.230 e. The fourth-order valence-electron chi connectivity index (χ4n) is 3.79. The van der Waals surface area contributed by atoms with Crippen molar-refractivity contribution in [2.45, 2.75) is 43.9 Å². The van der Waals surface area contributed by atoms with Crippen LogP contribution in [0.1, 0.15) is 37.3 Å². The minimum Gasteiger partial charge on any atom is -0.326 e. The molecule has 1 aliphatic heterocycles. The molecule has 1 fully saturated rings. The van der Waals surface area contributed by atoms with Gasteiger partial charge in [0.25, 0.3) is 0 Å². The Morgan fingerprint density at radius 3 is 2.67 bits per heavy atom. The van der Waals surface area contributed by atoms with Crippen molar-refractivity contribution in [3.8, 4) is 0 Å². The highest BCUT2D eigenvalue weighted by atomic mass is 32.2. The third kappa shape index (κ3) is 4.41. The third-order valence-corrected chi connectivity index (χ3v) is 7.43. The first-order chi connectivity index (χ1) is 14.4. The molecule has 2 aromatic carbocycles. The maximum atomic E-state index is 12.8. The van der Waals surface area contributed by atoms with Gasteiger partial charge in [-0.25, -0.2) is 8.42 Å². The number of nitrogens with zero attached hydrogens (tertiary/aromatic N) is 1. The summed E-state index contributed by atoms with van der Waals surface area (Å²) in [4.78, 5) is 26.6. The lowest BCUT2D eigenvalue weighted by atomic mass is 10.1. The van der Waals surface area contributed by atoms with E-state index in [1.807, 2.05) is 25.1 Å². The van der Waals surface area contributed by atoms with Gasteiger partial charge in [-0.3, -0.25) is 9.59 Å². The molecule has 0 bridgehead atoms. The van der Waals surface area contributed by atoms with Gasteiger partial charge in [-0.15, -0.1) is 0 Å². The zero-order valence-corrected chi connectivity index (χ0v) is 17.9. The SMILES string of the molecule is CCc1cccc(NC(=O)CCS(=O)(=O)c2ccc3c(c2)CCN3C(=O)C2CC2)c1. The Hall–Kier alpha value is -2.67. The largest absolute Gasteiger partial charge is 0.326 e. The van der Waals surface area contributed by atoms with Crippen LogP contribution in [0.2, 0.25) is 0 Å². The van der Waals surface area contributed by atoms with Crippen LogP contribution >= 0.6 is 0 Å². The Balaban J connectivity index is 1.40. The van der Waals surface area contributed by atoms with Crippen molar-refractivity contribution < 1.29 is 18.0 Å². The number of rotatable bonds is 7. The van der Waals surface area contributed by atoms with Crippen LogP contribution in [0.4, 0.5) is 11.4 Å². The van der Waals surface area contributed by atoms with Crippen LogP contribution in [0.25, 0.3) is 0 Å². The minimum absolute atomic E-state index is 0.109. The van der Waals surface area contributed by atoms with Gasteiger partial charge in [0.2, 0.25) is 11.8 Å². The summed E-state index contributed by atoms with van der Waals surface area (Å²) < 4.78 is 25.5. The molecule has 6 nitrogen and oxygen atoms in total. The zero-order chi connectivity index (χ0) is 21.3. The van der Waals surface area contributed by atoms with E-state index in [9.17, 15) is 18.0 Å². The number of anilines is 2. The average molecular weight is 427 g/mol. The van der Waals surface area contributed by atoms with E-state index < -0.39 is 9.84 Å². The van der Waals surface area contributed by atoms with E-state index in [4.69, 9.17) is 0 Å². The predicted molar refractivity (Wildman–Crippen MR) is 116 cm³/mol. The molecule has 4 rings (SSSR count). The molecule has 158 valence electrons. The van der Waals surface area contributed by atoms with Gasteiger partial charge in [0, 0.05) is 30.3 Å². The predicted octanol–water partition coefficient (Wildman–Crippen LogP) is 3.35. The van der Waals surface area contributed by atoms with Crippen LogP contribution in [0.5, 0.6) is 0 Å². The first-order valence-electron chi connectivity index (χ1n) is 10.4. The number of amides is 2. The summed E-state index contributed by atoms with van der Waals surface area (Å²) in [6.45, 7) is 2.64. The quantitative estimate of drug-likeness (QED) is 0.736. The highest BCUT2D eigenvalue weighted by Gasteiger charge is 2.36. The van der Waals surface area contributed by atoms with Crippen molar-refractivity contribution in [2.75, 3.05) is 22.5 Å². The monoisotopic (exact) mass is 426 g/mol. The van der Waals surface area contributed by atoms with Crippen LogP contribution in [-0.4, -0.2) is 32.5 Å². The average Bonchev–Trinajstić information content (AvgIpc) is 3.51. The van der Waals surface area contributed by atoms with E-state index in [1.54, 1.807) is 29.2 Å². The molecule has 0 saturated heterocycles. The first-order valence-corrected chi connectivity index (χ1v) is 12.1. The second-order valence-corrected chi connectivity index (χ2v) is 10.1. The lowest BCUT2D eigenvalue weighted by Crippen LogP contribution is -2.30. The molecule has 1 N–H and O–H groups in total. The molecule has 30 heavy (non-hydrogen) atoms. The molecule has 2 amide bonds. The molecule has 0 radical (unpaired) electrons. The van der Waals surface area contributed by atoms with Gasteiger partial charge < -0.3 is 10.2 Å². The number of carbonyl (C=O) groups is 2. The number of fused-ring (bicyclic) bond motifs is 1. The van der Waals surface area contributed by atoms with Crippen LogP contribution in [0.3, 0.4) is 0 Å². The molecule has 0 aromatic heterocycles. The number of nitrogens with one attached hydrogen (secondary N) is 1. The Morgan fingerprint density at radius 2 is 1.93 bits per heavy atom. The van der Waals surface area contributed by atoms with Gasteiger partial charge in [-0.05, 0) is 67.1 Å². The summed E-state index contributed by atoms with van der Waals surface area (Å²) in [6.07, 6.45) is 3.30. The Labute approximate surface area is 177 Å². The Bertz CT molecular complexity index is 1090. The number of benzene rings is 2. The maximum Gasteiger partial charge on any atom is 0.230 e. The highest BCUT2D eigenvalue weighted by molar-refractivity contribution is 7.91. The lowest BCUT2D eigenvalue weighted by Gasteiger charge is -2.17. The number of hydrogen-bond donors (Lipinski definition) is 1. The van der Waals surface area contributed by atoms with Crippen molar-refractivity contribution in [2.24, 2.45) is 5.92 Å². The van der Waals surface area contributed by atoms with E-state index in [0.29, 0.717) is 18.7 Å². The molecular weight excluding hydrogens is 400 g/mol. The van der Waals surface area contributed by atoms with E-state index in [2.05, 4.69) is 5.32 Å². The van der Waals surface area contributed by atoms with Crippen LogP contribution in [0, 0.1) is 5.92 Å². The van der Waals surface area contributed by atoms with Crippen molar-refractivity contribution in [3.05, 3.63) is 53.6 Å². The molecule has 2 aliphatic rings. The van der Waals surface area contributed by atoms with Crippen molar-refractivity contribution in [1.29, 1.82) is 0 Å². The van der Waals surface area contributed by atoms with E-state index in [-0.39, 0.29) is 34.8 Å². The van der Waals surface area contributed by atoms with Crippen LogP contribution in [-0.2, 0) is 32.3 Å². The molecule has 2 aromatic rings. The molecule has 1 aliphatic carbocycles. The first kappa shape index (κ1) is 20.6. The maximum absolute atomic E-state index is 12.8. The summed E-state index contributed by atoms with van der Waals surface area (Å²) in [5, 5.41) is 2.77. The summed E-state index contributed by atoms with van der Waals surface area (Å²) in [5.41, 5.74) is 3.48. The molecule has 1 saturated carbocycles. The third-order valence-electron chi connectivity index (χ3n) is 5.72. The lowest BCUT2D eigenvalue weighted by molar-refractivity contribution is -0.119. The highest BCUT2D eigenvalue weighted by Crippen LogP contribution is 2.37. The molecule has 0 spiro atoms. The molecular formula is C23H26N2O4S. The Morgan fingerprint density at radius 1 is 1.13 bits per heavy atom. The van der Waals surface area contributed by atoms with Gasteiger partial charge >= 0.3 is 0 Å². The van der Waals surface area contributed by atoms with E-state index in [1.165, 1.54) is 0 Å². The molecule has 1 heterocycles. The summed E-state index contributed by atoms with van der Waals surface area (Å²) in [7, 11) is -3.59. The number of aryl methyl sites for hydroxylation is 1. The summed E-state index contributed by atoms with van der Waals surface area (Å²) in [5.74, 6) is -0.297. The second-order valence-electron chi connectivity index (χ2n) is 7.98. The van der Waals surface area contributed by atoms with Crippen molar-refractivity contribution in [3.63, 3.8) is 0 Å². The second kappa shape index (κ2) is 8.22. The van der Waals surface area contributed by atoms with E-state index in [0.717, 1.165) is 36.1 Å². The molecule has 0 unspecified atom stereocenters. The van der Waals surface area contributed by atoms with Crippen molar-refractivity contribution in [1.82, 2.24) is 0 Å². The zero-order valence-electron chi connectivity index (χ0n) is 17.1. The van der Waals surface area contributed by atoms with Crippen molar-refractivity contribution >= 4 is 33.0 Å². The summed E-state index contributed by atoms with van der Waals surface area (Å²) >= 11 is 0. The number of carbonyl (C=O) groups excluding carboxylic acids is 2. The Kier molecular flexibility index (Phi) is 5.64. The minimum atomic E-state index is -3.59. The fraction of sp³-hybridized carbons (Fsp3) is 0.391. The molecule has 0 atom stereocenters. The van der Waals surface area contributed by atoms with Crippen LogP contribution in [0.15, 0.2) is 47.4 Å². The fourth-order valence-corrected chi connectivity index (χ4v) is 5.08. The number of sulfone groups is 1. The number of hydrogen-bond acceptors (Lipinski definition) is 4. The topological polar surface area (TPSA) is 83.6 Å². The van der Waals surface area contributed by atoms with Gasteiger partial charge in [-0.1, -0.05) is 19.1 Å². The van der Waals surface area contributed by atoms with Gasteiger partial charge in [-0.2, -0.15) is 0 Å². The standard InChI is InChI=1S/C23H26N2O4S/c1-2-16-4-3-5-19(14-16)24-22(26)11-13-30(28,29)20-8-9-21-18(15-20)10-12-25(21)23(27)17-6-7-17/h3-5,8-9,14-15,17H,2,6-7,10-13H2,1H3,(H,24,26). The van der Waals surface area contributed by atoms with Gasteiger partial charge in [0.05, 0.1) is 10.6 Å². The van der Waals surface area contributed by atoms with E-state index >= 15 is 0 Å². The summed E-state index contributed by atoms with van der Waals surface area (Å²) in [6, 6.07) is 12.5. The normalized spacial score (nSPS) is 15.7.